The van der Waals surface area contributed by atoms with Gasteiger partial charge in [0.05, 0.1) is 33.2 Å². The predicted molar refractivity (Wildman–Crippen MR) is 430 cm³/mol. The molecule has 0 N–H and O–H groups in total. The molecular formula is C96H60N8O2. The van der Waals surface area contributed by atoms with Gasteiger partial charge >= 0.3 is 0 Å². The van der Waals surface area contributed by atoms with Crippen molar-refractivity contribution in [2.24, 2.45) is 0 Å². The van der Waals surface area contributed by atoms with Gasteiger partial charge in [-0.15, -0.1) is 0 Å². The van der Waals surface area contributed by atoms with Crippen LogP contribution in [0.2, 0.25) is 0 Å². The lowest BCUT2D eigenvalue weighted by Crippen LogP contribution is -2.00. The fourth-order valence-electron chi connectivity index (χ4n) is 14.1. The van der Waals surface area contributed by atoms with Crippen LogP contribution in [0.5, 0.6) is 0 Å². The molecule has 0 amide bonds. The van der Waals surface area contributed by atoms with Gasteiger partial charge in [0, 0.05) is 66.1 Å². The lowest BCUT2D eigenvalue weighted by molar-refractivity contribution is 0.672. The Kier molecular flexibility index (Phi) is 16.0. The highest BCUT2D eigenvalue weighted by molar-refractivity contribution is 6.21. The van der Waals surface area contributed by atoms with E-state index < -0.39 is 0 Å². The number of aromatic nitrogens is 8. The molecule has 0 saturated heterocycles. The van der Waals surface area contributed by atoms with Gasteiger partial charge in [-0.1, -0.05) is 322 Å². The summed E-state index contributed by atoms with van der Waals surface area (Å²) in [5.41, 5.74) is 23.2. The van der Waals surface area contributed by atoms with Crippen molar-refractivity contribution < 1.29 is 8.83 Å². The van der Waals surface area contributed by atoms with Crippen LogP contribution >= 0.6 is 0 Å². The topological polar surface area (TPSA) is 129 Å². The van der Waals surface area contributed by atoms with E-state index in [0.717, 1.165) is 166 Å². The van der Waals surface area contributed by atoms with Crippen molar-refractivity contribution in [3.05, 3.63) is 364 Å². The normalized spacial score (nSPS) is 11.4. The minimum absolute atomic E-state index is 0.591. The molecule has 10 heteroatoms. The van der Waals surface area contributed by atoms with Crippen LogP contribution in [0.4, 0.5) is 0 Å². The van der Waals surface area contributed by atoms with Crippen molar-refractivity contribution in [2.75, 3.05) is 0 Å². The number of furan rings is 2. The second-order valence-corrected chi connectivity index (χ2v) is 26.1. The lowest BCUT2D eigenvalue weighted by Gasteiger charge is -2.11. The largest absolute Gasteiger partial charge is 0.455 e. The zero-order valence-electron chi connectivity index (χ0n) is 57.0. The Morgan fingerprint density at radius 2 is 0.415 bits per heavy atom. The summed E-state index contributed by atoms with van der Waals surface area (Å²) in [7, 11) is 0. The van der Waals surface area contributed by atoms with Crippen LogP contribution in [0.1, 0.15) is 0 Å². The minimum Gasteiger partial charge on any atom is -0.455 e. The maximum Gasteiger partial charge on any atom is 0.164 e. The van der Waals surface area contributed by atoms with Crippen LogP contribution in [-0.2, 0) is 0 Å². The average Bonchev–Trinajstić information content (AvgIpc) is 1.70. The van der Waals surface area contributed by atoms with Crippen molar-refractivity contribution in [1.29, 1.82) is 0 Å². The first-order chi connectivity index (χ1) is 52.5. The van der Waals surface area contributed by atoms with Crippen molar-refractivity contribution in [3.8, 4) is 135 Å². The van der Waals surface area contributed by atoms with E-state index in [1.54, 1.807) is 0 Å². The van der Waals surface area contributed by atoms with E-state index in [1.165, 1.54) is 0 Å². The minimum atomic E-state index is 0.591. The van der Waals surface area contributed by atoms with Crippen LogP contribution in [0.25, 0.3) is 201 Å². The van der Waals surface area contributed by atoms with Crippen LogP contribution < -0.4 is 0 Å². The number of fused-ring (bicyclic) bond motifs is 10. The Bertz CT molecular complexity index is 6480. The molecule has 0 spiro atoms. The molecule has 6 heterocycles. The van der Waals surface area contributed by atoms with Gasteiger partial charge in [0.1, 0.15) is 22.3 Å². The monoisotopic (exact) mass is 1360 g/mol. The van der Waals surface area contributed by atoms with Gasteiger partial charge in [-0.2, -0.15) is 0 Å². The van der Waals surface area contributed by atoms with E-state index in [1.807, 2.05) is 133 Å². The molecule has 106 heavy (non-hydrogen) atoms. The maximum atomic E-state index is 6.57. The van der Waals surface area contributed by atoms with E-state index >= 15 is 0 Å². The molecular weight excluding hydrogens is 1300 g/mol. The molecule has 0 saturated carbocycles. The predicted octanol–water partition coefficient (Wildman–Crippen LogP) is 24.6. The Morgan fingerprint density at radius 3 is 0.792 bits per heavy atom. The first-order valence-corrected chi connectivity index (χ1v) is 35.3. The molecule has 6 aromatic heterocycles. The second-order valence-electron chi connectivity index (χ2n) is 26.1. The van der Waals surface area contributed by atoms with Gasteiger partial charge in [0.25, 0.3) is 0 Å². The van der Waals surface area contributed by atoms with Crippen molar-refractivity contribution in [3.63, 3.8) is 0 Å². The fourth-order valence-corrected chi connectivity index (χ4v) is 14.1. The number of rotatable bonds is 12. The number of hydrogen-bond acceptors (Lipinski definition) is 10. The van der Waals surface area contributed by atoms with E-state index in [2.05, 4.69) is 231 Å². The van der Waals surface area contributed by atoms with E-state index in [9.17, 15) is 0 Å². The molecule has 0 fully saturated rings. The van der Waals surface area contributed by atoms with E-state index in [0.29, 0.717) is 34.9 Å². The number of nitrogens with zero attached hydrogens (tertiary/aromatic N) is 8. The Morgan fingerprint density at radius 1 is 0.160 bits per heavy atom. The summed E-state index contributed by atoms with van der Waals surface area (Å²) >= 11 is 0. The summed E-state index contributed by atoms with van der Waals surface area (Å²) in [5.74, 6) is 3.66. The number of para-hydroxylation sites is 2. The first-order valence-electron chi connectivity index (χ1n) is 35.3. The number of hydrogen-bond donors (Lipinski definition) is 0. The summed E-state index contributed by atoms with van der Waals surface area (Å²) in [4.78, 5) is 40.7. The third-order valence-corrected chi connectivity index (χ3v) is 19.5. The van der Waals surface area contributed by atoms with Crippen molar-refractivity contribution >= 4 is 65.7 Å². The molecule has 0 bridgehead atoms. The maximum absolute atomic E-state index is 6.57. The number of pyridine rings is 2. The Labute approximate surface area is 610 Å². The standard InChI is InChI=1S/C54H34N4O.C42H26N4O/c1-4-12-35(13-5-1)38-20-26-41(27-21-38)52-56-53(42-28-22-39(23-29-42)36-14-6-2-7-15-36)58-54(57-52)43-30-24-40(25-31-43)50-49-46-18-10-11-19-48(46)59-51(49)45-33-32-44(34-47(45)55-50)37-16-8-3-9-17-37;1-4-13-27(14-5-1)30-23-24-33-35(26-30)43-38(37-34-21-10-11-22-36(34)47-39(33)37)31-19-12-20-32(25-31)42-45-40(28-15-6-2-7-16-28)44-41(46-42)29-17-8-3-9-18-29/h1-34H;1-26H. The number of benzene rings is 14. The molecule has 496 valence electrons. The molecule has 10 nitrogen and oxygen atoms in total. The zero-order valence-corrected chi connectivity index (χ0v) is 57.0. The summed E-state index contributed by atoms with van der Waals surface area (Å²) in [6.07, 6.45) is 0. The van der Waals surface area contributed by atoms with Crippen LogP contribution in [0, 0.1) is 0 Å². The van der Waals surface area contributed by atoms with Crippen LogP contribution in [0.15, 0.2) is 373 Å². The SMILES string of the molecule is c1ccc(-c2ccc(-c3nc(-c4ccc(-c5ccccc5)cc4)nc(-c4ccc(-c5nc6cc(-c7ccccc7)ccc6c6oc7ccccc7c56)cc4)n3)cc2)cc1.c1ccc(-c2ccc3c(c2)nc(-c2cccc(-c4nc(-c5ccccc5)nc(-c5ccccc5)n4)c2)c2c4ccccc4oc32)cc1. The lowest BCUT2D eigenvalue weighted by atomic mass is 9.99. The molecule has 0 aliphatic rings. The van der Waals surface area contributed by atoms with Crippen LogP contribution in [-0.4, -0.2) is 39.9 Å². The second kappa shape index (κ2) is 27.1. The molecule has 20 aromatic rings. The average molecular weight is 1360 g/mol. The molecule has 0 aliphatic heterocycles. The Balaban J connectivity index is 0.000000149. The highest BCUT2D eigenvalue weighted by Gasteiger charge is 2.23. The highest BCUT2D eigenvalue weighted by Crippen LogP contribution is 2.44. The van der Waals surface area contributed by atoms with Crippen LogP contribution in [0.3, 0.4) is 0 Å². The first kappa shape index (κ1) is 62.5. The Hall–Kier alpha value is -14.5. The zero-order chi connectivity index (χ0) is 70.3. The van der Waals surface area contributed by atoms with Gasteiger partial charge in [0.15, 0.2) is 34.9 Å². The summed E-state index contributed by atoms with van der Waals surface area (Å²) in [5, 5.41) is 6.01. The smallest absolute Gasteiger partial charge is 0.164 e. The summed E-state index contributed by atoms with van der Waals surface area (Å²) in [6.45, 7) is 0. The molecule has 0 atom stereocenters. The summed E-state index contributed by atoms with van der Waals surface area (Å²) in [6, 6.07) is 124. The third kappa shape index (κ3) is 12.0. The van der Waals surface area contributed by atoms with Crippen molar-refractivity contribution in [2.45, 2.75) is 0 Å². The summed E-state index contributed by atoms with van der Waals surface area (Å²) < 4.78 is 13.1. The molecule has 0 unspecified atom stereocenters. The van der Waals surface area contributed by atoms with E-state index in [4.69, 9.17) is 48.7 Å². The fraction of sp³-hybridized carbons (Fsp3) is 0. The van der Waals surface area contributed by atoms with E-state index in [-0.39, 0.29) is 0 Å². The third-order valence-electron chi connectivity index (χ3n) is 19.5. The van der Waals surface area contributed by atoms with Crippen molar-refractivity contribution in [1.82, 2.24) is 39.9 Å². The molecule has 20 rings (SSSR count). The molecule has 0 radical (unpaired) electrons. The van der Waals surface area contributed by atoms with Gasteiger partial charge in [-0.05, 0) is 87.0 Å². The quantitative estimate of drug-likeness (QED) is 0.117. The van der Waals surface area contributed by atoms with Gasteiger partial charge < -0.3 is 8.83 Å². The molecule has 0 aliphatic carbocycles. The van der Waals surface area contributed by atoms with Gasteiger partial charge in [0.2, 0.25) is 0 Å². The van der Waals surface area contributed by atoms with Gasteiger partial charge in [-0.3, -0.25) is 0 Å². The van der Waals surface area contributed by atoms with Gasteiger partial charge in [-0.25, -0.2) is 39.9 Å². The highest BCUT2D eigenvalue weighted by atomic mass is 16.3. The molecule has 14 aromatic carbocycles.